The molecule has 1 aliphatic heterocycles. The number of fused-ring (bicyclic) bond motifs is 5. The highest BCUT2D eigenvalue weighted by molar-refractivity contribution is 6.06. The van der Waals surface area contributed by atoms with Gasteiger partial charge in [0.05, 0.1) is 30.3 Å². The summed E-state index contributed by atoms with van der Waals surface area (Å²) in [6.45, 7) is 0.672. The molecule has 4 unspecified atom stereocenters. The fourth-order valence-electron chi connectivity index (χ4n) is 4.50. The summed E-state index contributed by atoms with van der Waals surface area (Å²) in [6, 6.07) is 3.49. The molecule has 1 saturated carbocycles. The number of guanidine groups is 1. The van der Waals surface area contributed by atoms with Crippen LogP contribution < -0.4 is 16.0 Å². The summed E-state index contributed by atoms with van der Waals surface area (Å²) >= 11 is 0. The lowest BCUT2D eigenvalue weighted by atomic mass is 9.85. The molecule has 2 bridgehead atoms. The summed E-state index contributed by atoms with van der Waals surface area (Å²) < 4.78 is 0. The van der Waals surface area contributed by atoms with Crippen LogP contribution in [0.25, 0.3) is 0 Å². The van der Waals surface area contributed by atoms with Gasteiger partial charge in [0.15, 0.2) is 5.96 Å². The molecule has 0 radical (unpaired) electrons. The average Bonchev–Trinajstić information content (AvgIpc) is 3.40. The van der Waals surface area contributed by atoms with E-state index in [1.807, 2.05) is 0 Å². The fourth-order valence-corrected chi connectivity index (χ4v) is 4.50. The monoisotopic (exact) mass is 396 g/mol. The predicted molar refractivity (Wildman–Crippen MR) is 107 cm³/mol. The van der Waals surface area contributed by atoms with Gasteiger partial charge in [0.1, 0.15) is 0 Å². The number of imide groups is 1. The number of anilines is 1. The van der Waals surface area contributed by atoms with Crippen molar-refractivity contribution in [3.8, 4) is 0 Å². The Hall–Kier alpha value is -3.23. The fraction of sp³-hybridized carbons (Fsp3) is 0.450. The lowest BCUT2D eigenvalue weighted by Crippen LogP contribution is -2.45. The van der Waals surface area contributed by atoms with Crippen molar-refractivity contribution in [3.05, 3.63) is 36.7 Å². The maximum absolute atomic E-state index is 12.7. The van der Waals surface area contributed by atoms with Crippen LogP contribution in [-0.4, -0.2) is 60.2 Å². The zero-order valence-electron chi connectivity index (χ0n) is 16.2. The molecule has 0 spiro atoms. The Kier molecular flexibility index (Phi) is 5.28. The molecule has 152 valence electrons. The first kappa shape index (κ1) is 19.1. The zero-order valence-corrected chi connectivity index (χ0v) is 16.2. The molecule has 29 heavy (non-hydrogen) atoms. The summed E-state index contributed by atoms with van der Waals surface area (Å²) in [6.07, 6.45) is 8.29. The molecule has 3 N–H and O–H groups in total. The van der Waals surface area contributed by atoms with Crippen LogP contribution in [0.3, 0.4) is 0 Å². The second-order valence-electron chi connectivity index (χ2n) is 7.47. The van der Waals surface area contributed by atoms with Crippen LogP contribution in [-0.2, 0) is 14.4 Å². The van der Waals surface area contributed by atoms with Gasteiger partial charge in [-0.2, -0.15) is 0 Å². The van der Waals surface area contributed by atoms with E-state index < -0.39 is 0 Å². The third kappa shape index (κ3) is 3.72. The highest BCUT2D eigenvalue weighted by atomic mass is 16.2. The highest BCUT2D eigenvalue weighted by Crippen LogP contribution is 2.52. The van der Waals surface area contributed by atoms with E-state index in [1.54, 1.807) is 31.6 Å². The standard InChI is InChI=1S/C20H24N6O3/c1-21-20(24-11-15(27)25-14-3-2-6-22-10-14)23-7-8-26-18(28)16-12-4-5-13(9-12)17(16)19(26)29/h2-6,10,12-13,16-17H,7-9,11H2,1H3,(H,25,27)(H2,21,23,24). The van der Waals surface area contributed by atoms with Crippen molar-refractivity contribution < 1.29 is 14.4 Å². The van der Waals surface area contributed by atoms with Gasteiger partial charge in [0.25, 0.3) is 0 Å². The highest BCUT2D eigenvalue weighted by Gasteiger charge is 2.58. The van der Waals surface area contributed by atoms with Crippen LogP contribution in [0.1, 0.15) is 6.42 Å². The van der Waals surface area contributed by atoms with Crippen molar-refractivity contribution in [2.45, 2.75) is 6.42 Å². The van der Waals surface area contributed by atoms with Crippen LogP contribution in [0.15, 0.2) is 41.7 Å². The van der Waals surface area contributed by atoms with Crippen molar-refractivity contribution in [1.82, 2.24) is 20.5 Å². The number of pyridine rings is 1. The maximum atomic E-state index is 12.7. The molecule has 9 heteroatoms. The number of nitrogens with one attached hydrogen (secondary N) is 3. The Labute approximate surface area is 168 Å². The SMILES string of the molecule is CN=C(NCCN1C(=O)C2C3C=CC(C3)C2C1=O)NCC(=O)Nc1cccnc1. The van der Waals surface area contributed by atoms with E-state index >= 15 is 0 Å². The van der Waals surface area contributed by atoms with Gasteiger partial charge in [0, 0.05) is 26.3 Å². The normalized spacial score (nSPS) is 27.3. The molecule has 0 aromatic carbocycles. The van der Waals surface area contributed by atoms with Gasteiger partial charge >= 0.3 is 0 Å². The van der Waals surface area contributed by atoms with E-state index in [-0.39, 0.29) is 54.5 Å². The largest absolute Gasteiger partial charge is 0.355 e. The number of hydrogen-bond acceptors (Lipinski definition) is 5. The molecule has 9 nitrogen and oxygen atoms in total. The molecule has 2 heterocycles. The van der Waals surface area contributed by atoms with Crippen LogP contribution in [0.5, 0.6) is 0 Å². The third-order valence-electron chi connectivity index (χ3n) is 5.77. The molecule has 1 aromatic heterocycles. The quantitative estimate of drug-likeness (QED) is 0.270. The van der Waals surface area contributed by atoms with E-state index in [0.29, 0.717) is 18.2 Å². The minimum atomic E-state index is -0.235. The molecule has 4 rings (SSSR count). The van der Waals surface area contributed by atoms with Crippen molar-refractivity contribution in [2.24, 2.45) is 28.7 Å². The molecule has 3 aliphatic rings. The zero-order chi connectivity index (χ0) is 20.4. The van der Waals surface area contributed by atoms with Gasteiger partial charge in [0.2, 0.25) is 17.7 Å². The molecule has 1 saturated heterocycles. The first-order valence-corrected chi connectivity index (χ1v) is 9.76. The number of amides is 3. The van der Waals surface area contributed by atoms with Crippen LogP contribution in [0, 0.1) is 23.7 Å². The predicted octanol–water partition coefficient (Wildman–Crippen LogP) is -0.00780. The molecule has 2 fully saturated rings. The van der Waals surface area contributed by atoms with E-state index in [2.05, 4.69) is 38.1 Å². The Balaban J connectivity index is 1.22. The first-order chi connectivity index (χ1) is 14.1. The van der Waals surface area contributed by atoms with Gasteiger partial charge in [-0.25, -0.2) is 0 Å². The smallest absolute Gasteiger partial charge is 0.243 e. The number of nitrogens with zero attached hydrogens (tertiary/aromatic N) is 3. The average molecular weight is 396 g/mol. The van der Waals surface area contributed by atoms with Gasteiger partial charge in [-0.1, -0.05) is 12.2 Å². The van der Waals surface area contributed by atoms with Crippen molar-refractivity contribution in [3.63, 3.8) is 0 Å². The first-order valence-electron chi connectivity index (χ1n) is 9.76. The number of aliphatic imine (C=N–C) groups is 1. The van der Waals surface area contributed by atoms with E-state index in [9.17, 15) is 14.4 Å². The van der Waals surface area contributed by atoms with E-state index in [4.69, 9.17) is 0 Å². The lowest BCUT2D eigenvalue weighted by molar-refractivity contribution is -0.140. The van der Waals surface area contributed by atoms with Crippen molar-refractivity contribution in [1.29, 1.82) is 0 Å². The Morgan fingerprint density at radius 1 is 1.21 bits per heavy atom. The summed E-state index contributed by atoms with van der Waals surface area (Å²) in [7, 11) is 1.59. The molecule has 2 aliphatic carbocycles. The summed E-state index contributed by atoms with van der Waals surface area (Å²) in [5, 5.41) is 8.67. The maximum Gasteiger partial charge on any atom is 0.243 e. The topological polar surface area (TPSA) is 116 Å². The summed E-state index contributed by atoms with van der Waals surface area (Å²) in [5.41, 5.74) is 0.613. The molecular weight excluding hydrogens is 372 g/mol. The second-order valence-corrected chi connectivity index (χ2v) is 7.47. The second kappa shape index (κ2) is 8.02. The van der Waals surface area contributed by atoms with Gasteiger partial charge in [-0.15, -0.1) is 0 Å². The Morgan fingerprint density at radius 3 is 2.55 bits per heavy atom. The number of allylic oxidation sites excluding steroid dienone is 2. The minimum Gasteiger partial charge on any atom is -0.355 e. The summed E-state index contributed by atoms with van der Waals surface area (Å²) in [4.78, 5) is 46.7. The number of aromatic nitrogens is 1. The van der Waals surface area contributed by atoms with Crippen LogP contribution >= 0.6 is 0 Å². The Morgan fingerprint density at radius 2 is 1.93 bits per heavy atom. The van der Waals surface area contributed by atoms with Crippen molar-refractivity contribution in [2.75, 3.05) is 32.0 Å². The number of likely N-dealkylation sites (tertiary alicyclic amines) is 1. The number of carbonyl (C=O) groups is 3. The Bertz CT molecular complexity index is 838. The molecule has 3 amide bonds. The van der Waals surface area contributed by atoms with Gasteiger partial charge in [-0.3, -0.25) is 29.3 Å². The summed E-state index contributed by atoms with van der Waals surface area (Å²) in [5.74, 6) is 0.153. The van der Waals surface area contributed by atoms with Gasteiger partial charge in [-0.05, 0) is 30.4 Å². The van der Waals surface area contributed by atoms with Crippen molar-refractivity contribution >= 4 is 29.4 Å². The van der Waals surface area contributed by atoms with E-state index in [0.717, 1.165) is 6.42 Å². The lowest BCUT2D eigenvalue weighted by Gasteiger charge is -2.18. The van der Waals surface area contributed by atoms with Crippen LogP contribution in [0.4, 0.5) is 5.69 Å². The third-order valence-corrected chi connectivity index (χ3v) is 5.77. The number of rotatable bonds is 6. The van der Waals surface area contributed by atoms with E-state index in [1.165, 1.54) is 4.90 Å². The van der Waals surface area contributed by atoms with Gasteiger partial charge < -0.3 is 16.0 Å². The molecular formula is C20H24N6O3. The molecule has 4 atom stereocenters. The molecule has 1 aromatic rings. The minimum absolute atomic E-state index is 0.0231. The number of hydrogen-bond donors (Lipinski definition) is 3. The van der Waals surface area contributed by atoms with Crippen LogP contribution in [0.2, 0.25) is 0 Å². The number of carbonyl (C=O) groups excluding carboxylic acids is 3.